The van der Waals surface area contributed by atoms with Crippen molar-refractivity contribution < 1.29 is 9.21 Å². The summed E-state index contributed by atoms with van der Waals surface area (Å²) < 4.78 is 7.09. The highest BCUT2D eigenvalue weighted by atomic mass is 35.5. The zero-order valence-electron chi connectivity index (χ0n) is 15.2. The summed E-state index contributed by atoms with van der Waals surface area (Å²) in [4.78, 5) is 16.4. The second kappa shape index (κ2) is 8.93. The summed E-state index contributed by atoms with van der Waals surface area (Å²) >= 11 is 7.48. The van der Waals surface area contributed by atoms with Crippen molar-refractivity contribution in [3.05, 3.63) is 78.0 Å². The lowest BCUT2D eigenvalue weighted by Gasteiger charge is -2.10. The molecule has 1 N–H and O–H groups in total. The molecule has 0 saturated carbocycles. The quantitative estimate of drug-likeness (QED) is 0.451. The summed E-state index contributed by atoms with van der Waals surface area (Å²) in [7, 11) is 0. The van der Waals surface area contributed by atoms with E-state index in [1.165, 1.54) is 11.8 Å². The van der Waals surface area contributed by atoms with Crippen LogP contribution in [-0.4, -0.2) is 31.4 Å². The molecule has 146 valence electrons. The summed E-state index contributed by atoms with van der Waals surface area (Å²) in [5, 5.41) is 12.6. The Morgan fingerprint density at radius 1 is 1.17 bits per heavy atom. The van der Waals surface area contributed by atoms with Crippen LogP contribution in [0, 0.1) is 0 Å². The van der Waals surface area contributed by atoms with Crippen LogP contribution in [0.1, 0.15) is 5.76 Å². The topological polar surface area (TPSA) is 85.8 Å². The van der Waals surface area contributed by atoms with Crippen LogP contribution in [-0.2, 0) is 11.3 Å². The van der Waals surface area contributed by atoms with E-state index in [2.05, 4.69) is 20.5 Å². The van der Waals surface area contributed by atoms with Gasteiger partial charge in [0.15, 0.2) is 11.0 Å². The fourth-order valence-electron chi connectivity index (χ4n) is 2.67. The molecule has 0 unspecified atom stereocenters. The normalized spacial score (nSPS) is 10.8. The first-order chi connectivity index (χ1) is 14.2. The fourth-order valence-corrected chi connectivity index (χ4v) is 3.64. The summed E-state index contributed by atoms with van der Waals surface area (Å²) in [5.41, 5.74) is 1.62. The molecule has 0 fully saturated rings. The number of halogens is 1. The first kappa shape index (κ1) is 19.2. The van der Waals surface area contributed by atoms with E-state index in [9.17, 15) is 4.79 Å². The number of furan rings is 1. The van der Waals surface area contributed by atoms with Gasteiger partial charge in [-0.15, -0.1) is 10.2 Å². The summed E-state index contributed by atoms with van der Waals surface area (Å²) in [6, 6.07) is 14.7. The molecule has 4 rings (SSSR count). The van der Waals surface area contributed by atoms with E-state index in [0.29, 0.717) is 28.3 Å². The summed E-state index contributed by atoms with van der Waals surface area (Å²) in [5.74, 6) is 1.38. The second-order valence-electron chi connectivity index (χ2n) is 6.01. The van der Waals surface area contributed by atoms with E-state index in [-0.39, 0.29) is 11.7 Å². The number of hydrogen-bond donors (Lipinski definition) is 1. The molecular weight excluding hydrogens is 410 g/mol. The van der Waals surface area contributed by atoms with Crippen LogP contribution in [0.2, 0.25) is 5.02 Å². The van der Waals surface area contributed by atoms with Crippen molar-refractivity contribution in [2.45, 2.75) is 11.7 Å². The van der Waals surface area contributed by atoms with Gasteiger partial charge in [-0.05, 0) is 42.5 Å². The maximum atomic E-state index is 12.2. The van der Waals surface area contributed by atoms with Crippen LogP contribution in [0.4, 0.5) is 0 Å². The first-order valence-electron chi connectivity index (χ1n) is 8.74. The molecule has 1 amide bonds. The number of nitrogens with one attached hydrogen (secondary N) is 1. The number of rotatable bonds is 7. The van der Waals surface area contributed by atoms with Crippen LogP contribution < -0.4 is 5.32 Å². The zero-order chi connectivity index (χ0) is 20.1. The highest BCUT2D eigenvalue weighted by Crippen LogP contribution is 2.28. The number of pyridine rings is 1. The SMILES string of the molecule is O=C(CSc1nnc(-c2cccnc2)n1-c1cccc(Cl)c1)NCc1ccco1. The van der Waals surface area contributed by atoms with Crippen LogP contribution in [0.15, 0.2) is 76.8 Å². The molecular formula is C20H16ClN5O2S. The molecule has 0 radical (unpaired) electrons. The third-order valence-electron chi connectivity index (χ3n) is 3.99. The molecule has 0 spiro atoms. The van der Waals surface area contributed by atoms with Gasteiger partial charge in [0.25, 0.3) is 0 Å². The van der Waals surface area contributed by atoms with Crippen molar-refractivity contribution in [1.82, 2.24) is 25.1 Å². The van der Waals surface area contributed by atoms with Gasteiger partial charge in [-0.3, -0.25) is 14.3 Å². The van der Waals surface area contributed by atoms with Crippen LogP contribution in [0.3, 0.4) is 0 Å². The van der Waals surface area contributed by atoms with E-state index in [1.807, 2.05) is 41.0 Å². The largest absolute Gasteiger partial charge is 0.467 e. The number of nitrogens with zero attached hydrogens (tertiary/aromatic N) is 4. The predicted molar refractivity (Wildman–Crippen MR) is 111 cm³/mol. The molecule has 0 aliphatic rings. The Balaban J connectivity index is 1.56. The van der Waals surface area contributed by atoms with Crippen molar-refractivity contribution in [1.29, 1.82) is 0 Å². The average molecular weight is 426 g/mol. The first-order valence-corrected chi connectivity index (χ1v) is 10.1. The number of benzene rings is 1. The number of carbonyl (C=O) groups is 1. The molecule has 1 aromatic carbocycles. The fraction of sp³-hybridized carbons (Fsp3) is 0.100. The molecule has 0 atom stereocenters. The van der Waals surface area contributed by atoms with Crippen LogP contribution in [0.5, 0.6) is 0 Å². The molecule has 3 heterocycles. The lowest BCUT2D eigenvalue weighted by molar-refractivity contribution is -0.118. The van der Waals surface area contributed by atoms with Gasteiger partial charge in [-0.1, -0.05) is 29.4 Å². The van der Waals surface area contributed by atoms with E-state index < -0.39 is 0 Å². The predicted octanol–water partition coefficient (Wildman–Crippen LogP) is 3.98. The molecule has 0 aliphatic carbocycles. The highest BCUT2D eigenvalue weighted by Gasteiger charge is 2.17. The Hall–Kier alpha value is -3.10. The Kier molecular flexibility index (Phi) is 5.92. The summed E-state index contributed by atoms with van der Waals surface area (Å²) in [6.07, 6.45) is 4.99. The van der Waals surface area contributed by atoms with Crippen LogP contribution >= 0.6 is 23.4 Å². The van der Waals surface area contributed by atoms with Crippen molar-refractivity contribution in [2.24, 2.45) is 0 Å². The van der Waals surface area contributed by atoms with E-state index in [0.717, 1.165) is 11.3 Å². The third kappa shape index (κ3) is 4.67. The van der Waals surface area contributed by atoms with Crippen molar-refractivity contribution in [3.8, 4) is 17.1 Å². The van der Waals surface area contributed by atoms with Gasteiger partial charge in [-0.25, -0.2) is 0 Å². The zero-order valence-corrected chi connectivity index (χ0v) is 16.7. The molecule has 29 heavy (non-hydrogen) atoms. The monoisotopic (exact) mass is 425 g/mol. The molecule has 0 bridgehead atoms. The van der Waals surface area contributed by atoms with Crippen molar-refractivity contribution in [3.63, 3.8) is 0 Å². The molecule has 4 aromatic rings. The lowest BCUT2D eigenvalue weighted by Crippen LogP contribution is -2.24. The standard InChI is InChI=1S/C20H16ClN5O2S/c21-15-5-1-6-16(10-15)26-19(14-4-2-8-22-11-14)24-25-20(26)29-13-18(27)23-12-17-7-3-9-28-17/h1-11H,12-13H2,(H,23,27). The van der Waals surface area contributed by atoms with Crippen molar-refractivity contribution >= 4 is 29.3 Å². The van der Waals surface area contributed by atoms with E-state index in [4.69, 9.17) is 16.0 Å². The molecule has 0 saturated heterocycles. The number of amides is 1. The van der Waals surface area contributed by atoms with Gasteiger partial charge in [0, 0.05) is 23.0 Å². The molecule has 3 aromatic heterocycles. The van der Waals surface area contributed by atoms with Crippen molar-refractivity contribution in [2.75, 3.05) is 5.75 Å². The van der Waals surface area contributed by atoms with Gasteiger partial charge in [0.2, 0.25) is 5.91 Å². The maximum Gasteiger partial charge on any atom is 0.230 e. The van der Waals surface area contributed by atoms with Gasteiger partial charge < -0.3 is 9.73 Å². The summed E-state index contributed by atoms with van der Waals surface area (Å²) in [6.45, 7) is 0.342. The number of hydrogen-bond acceptors (Lipinski definition) is 6. The minimum absolute atomic E-state index is 0.130. The van der Waals surface area contributed by atoms with E-state index >= 15 is 0 Å². The Morgan fingerprint density at radius 3 is 2.86 bits per heavy atom. The Bertz CT molecular complexity index is 1100. The molecule has 9 heteroatoms. The molecule has 0 aliphatic heterocycles. The minimum atomic E-state index is -0.130. The van der Waals surface area contributed by atoms with Gasteiger partial charge in [-0.2, -0.15) is 0 Å². The van der Waals surface area contributed by atoms with Gasteiger partial charge in [0.1, 0.15) is 5.76 Å². The molecule has 7 nitrogen and oxygen atoms in total. The Morgan fingerprint density at radius 2 is 2.10 bits per heavy atom. The lowest BCUT2D eigenvalue weighted by atomic mass is 10.2. The Labute approximate surface area is 176 Å². The number of thioether (sulfide) groups is 1. The van der Waals surface area contributed by atoms with E-state index in [1.54, 1.807) is 30.8 Å². The smallest absolute Gasteiger partial charge is 0.230 e. The van der Waals surface area contributed by atoms with Gasteiger partial charge >= 0.3 is 0 Å². The van der Waals surface area contributed by atoms with Gasteiger partial charge in [0.05, 0.1) is 24.2 Å². The highest BCUT2D eigenvalue weighted by molar-refractivity contribution is 7.99. The second-order valence-corrected chi connectivity index (χ2v) is 7.39. The average Bonchev–Trinajstić information content (AvgIpc) is 3.41. The minimum Gasteiger partial charge on any atom is -0.467 e. The number of carbonyl (C=O) groups excluding carboxylic acids is 1. The number of aromatic nitrogens is 4. The van der Waals surface area contributed by atoms with Crippen LogP contribution in [0.25, 0.3) is 17.1 Å². The maximum absolute atomic E-state index is 12.2. The third-order valence-corrected chi connectivity index (χ3v) is 5.16.